The van der Waals surface area contributed by atoms with E-state index in [2.05, 4.69) is 16.4 Å². The Morgan fingerprint density at radius 3 is 2.82 bits per heavy atom. The number of nitrogens with one attached hydrogen (secondary N) is 1. The van der Waals surface area contributed by atoms with Crippen molar-refractivity contribution in [3.63, 3.8) is 0 Å². The van der Waals surface area contributed by atoms with E-state index in [0.717, 1.165) is 12.8 Å². The van der Waals surface area contributed by atoms with Gasteiger partial charge < -0.3 is 10.2 Å². The van der Waals surface area contributed by atoms with E-state index >= 15 is 0 Å². The molecule has 22 heavy (non-hydrogen) atoms. The Labute approximate surface area is 134 Å². The summed E-state index contributed by atoms with van der Waals surface area (Å²) < 4.78 is 0. The van der Waals surface area contributed by atoms with Crippen LogP contribution in [0.25, 0.3) is 0 Å². The zero-order chi connectivity index (χ0) is 15.9. The van der Waals surface area contributed by atoms with E-state index in [1.54, 1.807) is 37.6 Å². The lowest BCUT2D eigenvalue weighted by molar-refractivity contribution is -0.116. The molecule has 0 saturated carbocycles. The molecule has 0 aliphatic heterocycles. The van der Waals surface area contributed by atoms with Crippen LogP contribution in [0, 0.1) is 0 Å². The van der Waals surface area contributed by atoms with Gasteiger partial charge in [0, 0.05) is 37.3 Å². The molecule has 0 fully saturated rings. The van der Waals surface area contributed by atoms with Gasteiger partial charge in [-0.25, -0.2) is 0 Å². The van der Waals surface area contributed by atoms with Gasteiger partial charge >= 0.3 is 0 Å². The van der Waals surface area contributed by atoms with Crippen molar-refractivity contribution in [2.24, 2.45) is 0 Å². The molecular weight excluding hydrogens is 298 g/mol. The van der Waals surface area contributed by atoms with E-state index in [-0.39, 0.29) is 11.8 Å². The number of carbonyl (C=O) groups is 2. The molecule has 0 aliphatic carbocycles. The van der Waals surface area contributed by atoms with Crippen LogP contribution in [0.2, 0.25) is 0 Å². The molecular formula is C16H19N3O2S. The molecule has 0 unspecified atom stereocenters. The highest BCUT2D eigenvalue weighted by atomic mass is 32.1. The van der Waals surface area contributed by atoms with Gasteiger partial charge in [-0.3, -0.25) is 14.6 Å². The number of aromatic nitrogens is 1. The minimum atomic E-state index is -0.186. The van der Waals surface area contributed by atoms with Crippen LogP contribution in [-0.2, 0) is 11.2 Å². The van der Waals surface area contributed by atoms with Crippen LogP contribution in [0.15, 0.2) is 35.8 Å². The van der Waals surface area contributed by atoms with Crippen LogP contribution in [0.4, 0.5) is 5.69 Å². The summed E-state index contributed by atoms with van der Waals surface area (Å²) in [5.74, 6) is -0.236. The van der Waals surface area contributed by atoms with Crippen molar-refractivity contribution in [1.82, 2.24) is 9.88 Å². The molecule has 0 aromatic carbocycles. The molecule has 2 aromatic rings. The van der Waals surface area contributed by atoms with Gasteiger partial charge in [-0.05, 0) is 36.4 Å². The van der Waals surface area contributed by atoms with Crippen molar-refractivity contribution in [2.75, 3.05) is 19.4 Å². The van der Waals surface area contributed by atoms with Gasteiger partial charge in [-0.2, -0.15) is 0 Å². The molecule has 6 heteroatoms. The predicted octanol–water partition coefficient (Wildman–Crippen LogP) is 2.81. The number of anilines is 1. The fourth-order valence-electron chi connectivity index (χ4n) is 1.96. The smallest absolute Gasteiger partial charge is 0.272 e. The van der Waals surface area contributed by atoms with Gasteiger partial charge in [-0.1, -0.05) is 6.07 Å². The highest BCUT2D eigenvalue weighted by Gasteiger charge is 2.11. The summed E-state index contributed by atoms with van der Waals surface area (Å²) in [7, 11) is 3.33. The molecule has 2 heterocycles. The Morgan fingerprint density at radius 1 is 1.32 bits per heavy atom. The van der Waals surface area contributed by atoms with Crippen LogP contribution in [-0.4, -0.2) is 35.8 Å². The molecule has 2 amide bonds. The zero-order valence-corrected chi connectivity index (χ0v) is 13.5. The Bertz CT molecular complexity index is 639. The van der Waals surface area contributed by atoms with Gasteiger partial charge in [0.1, 0.15) is 5.69 Å². The highest BCUT2D eigenvalue weighted by molar-refractivity contribution is 7.09. The summed E-state index contributed by atoms with van der Waals surface area (Å²) in [6, 6.07) is 7.37. The maximum absolute atomic E-state index is 11.9. The maximum Gasteiger partial charge on any atom is 0.272 e. The van der Waals surface area contributed by atoms with E-state index in [1.165, 1.54) is 16.0 Å². The predicted molar refractivity (Wildman–Crippen MR) is 88.1 cm³/mol. The number of pyridine rings is 1. The summed E-state index contributed by atoms with van der Waals surface area (Å²) in [6.45, 7) is 0. The number of rotatable bonds is 6. The minimum Gasteiger partial charge on any atom is -0.343 e. The topological polar surface area (TPSA) is 62.3 Å². The van der Waals surface area contributed by atoms with Crippen molar-refractivity contribution in [3.8, 4) is 0 Å². The van der Waals surface area contributed by atoms with E-state index in [0.29, 0.717) is 17.8 Å². The first-order valence-corrected chi connectivity index (χ1v) is 7.94. The van der Waals surface area contributed by atoms with Gasteiger partial charge in [0.2, 0.25) is 5.91 Å². The summed E-state index contributed by atoms with van der Waals surface area (Å²) in [5, 5.41) is 4.85. The van der Waals surface area contributed by atoms with Crippen molar-refractivity contribution in [3.05, 3.63) is 46.4 Å². The first-order valence-electron chi connectivity index (χ1n) is 7.06. The third-order valence-electron chi connectivity index (χ3n) is 3.08. The van der Waals surface area contributed by atoms with Gasteiger partial charge in [0.25, 0.3) is 5.91 Å². The van der Waals surface area contributed by atoms with Gasteiger partial charge in [0.15, 0.2) is 0 Å². The fraction of sp³-hybridized carbons (Fsp3) is 0.312. The van der Waals surface area contributed by atoms with Crippen molar-refractivity contribution in [1.29, 1.82) is 0 Å². The maximum atomic E-state index is 11.9. The molecule has 0 aliphatic rings. The molecule has 0 spiro atoms. The number of amides is 2. The second-order valence-electron chi connectivity index (χ2n) is 5.11. The zero-order valence-electron chi connectivity index (χ0n) is 12.7. The lowest BCUT2D eigenvalue weighted by Crippen LogP contribution is -2.23. The lowest BCUT2D eigenvalue weighted by atomic mass is 10.2. The second kappa shape index (κ2) is 7.70. The van der Waals surface area contributed by atoms with Crippen LogP contribution >= 0.6 is 11.3 Å². The SMILES string of the molecule is CN(C)C(=O)c1cc(NC(=O)CCCc2cccs2)ccn1. The van der Waals surface area contributed by atoms with Crippen LogP contribution in [0.1, 0.15) is 28.2 Å². The number of thiophene rings is 1. The second-order valence-corrected chi connectivity index (χ2v) is 6.14. The minimum absolute atomic E-state index is 0.0500. The van der Waals surface area contributed by atoms with Gasteiger partial charge in [-0.15, -0.1) is 11.3 Å². The van der Waals surface area contributed by atoms with E-state index < -0.39 is 0 Å². The third kappa shape index (κ3) is 4.66. The Kier molecular flexibility index (Phi) is 5.66. The summed E-state index contributed by atoms with van der Waals surface area (Å²) in [4.78, 5) is 30.5. The Hall–Kier alpha value is -2.21. The Morgan fingerprint density at radius 2 is 2.14 bits per heavy atom. The molecule has 0 radical (unpaired) electrons. The monoisotopic (exact) mass is 317 g/mol. The fourth-order valence-corrected chi connectivity index (χ4v) is 2.71. The molecule has 0 saturated heterocycles. The highest BCUT2D eigenvalue weighted by Crippen LogP contribution is 2.13. The van der Waals surface area contributed by atoms with Crippen LogP contribution in [0.3, 0.4) is 0 Å². The standard InChI is InChI=1S/C16H19N3O2S/c1-19(2)16(21)14-11-12(8-9-17-14)18-15(20)7-3-5-13-6-4-10-22-13/h4,6,8-11H,3,5,7H2,1-2H3,(H,17,18,20). The molecule has 0 bridgehead atoms. The number of carbonyl (C=O) groups excluding carboxylic acids is 2. The van der Waals surface area contributed by atoms with Crippen LogP contribution < -0.4 is 5.32 Å². The first kappa shape index (κ1) is 16.2. The average Bonchev–Trinajstić information content (AvgIpc) is 3.00. The van der Waals surface area contributed by atoms with Crippen molar-refractivity contribution >= 4 is 28.8 Å². The molecule has 116 valence electrons. The van der Waals surface area contributed by atoms with E-state index in [4.69, 9.17) is 0 Å². The number of hydrogen-bond acceptors (Lipinski definition) is 4. The number of hydrogen-bond donors (Lipinski definition) is 1. The average molecular weight is 317 g/mol. The summed E-state index contributed by atoms with van der Waals surface area (Å²) in [6.07, 6.45) is 3.70. The normalized spacial score (nSPS) is 10.3. The molecule has 0 atom stereocenters. The van der Waals surface area contributed by atoms with Crippen LogP contribution in [0.5, 0.6) is 0 Å². The molecule has 5 nitrogen and oxygen atoms in total. The number of nitrogens with zero attached hydrogens (tertiary/aromatic N) is 2. The molecule has 1 N–H and O–H groups in total. The van der Waals surface area contributed by atoms with Gasteiger partial charge in [0.05, 0.1) is 0 Å². The van der Waals surface area contributed by atoms with Crippen molar-refractivity contribution < 1.29 is 9.59 Å². The lowest BCUT2D eigenvalue weighted by Gasteiger charge is -2.10. The Balaban J connectivity index is 1.86. The number of aryl methyl sites for hydroxylation is 1. The van der Waals surface area contributed by atoms with E-state index in [9.17, 15) is 9.59 Å². The molecule has 2 rings (SSSR count). The van der Waals surface area contributed by atoms with Crippen molar-refractivity contribution in [2.45, 2.75) is 19.3 Å². The van der Waals surface area contributed by atoms with E-state index in [1.807, 2.05) is 11.4 Å². The quantitative estimate of drug-likeness (QED) is 0.891. The third-order valence-corrected chi connectivity index (χ3v) is 4.01. The largest absolute Gasteiger partial charge is 0.343 e. The first-order chi connectivity index (χ1) is 10.6. The summed E-state index contributed by atoms with van der Waals surface area (Å²) in [5.41, 5.74) is 0.919. The molecule has 2 aromatic heterocycles. The summed E-state index contributed by atoms with van der Waals surface area (Å²) >= 11 is 1.70.